The fourth-order valence-electron chi connectivity index (χ4n) is 3.99. The van der Waals surface area contributed by atoms with Crippen LogP contribution >= 0.6 is 75.8 Å². The van der Waals surface area contributed by atoms with Crippen LogP contribution in [0.2, 0.25) is 0 Å². The Morgan fingerprint density at radius 2 is 0.661 bits per heavy atom. The molecular weight excluding hydrogens is 971 g/mol. The standard InChI is InChI=1S/3C10H21NO4S3.Na.Zn/c3*1-8(18(13,14)15)11-10(12)5-3-2-4-9(17)6-7-16;;/h3*8-9,16-17H,2-7H2,1H3,(H,11,12)(H,13,14,15);;/q;;;+1;+2/p-3. The van der Waals surface area contributed by atoms with Gasteiger partial charge >= 0.3 is 49.0 Å². The monoisotopic (exact) mass is 1030 g/mol. The molecule has 3 amide bonds. The molecule has 324 valence electrons. The predicted octanol–water partition coefficient (Wildman–Crippen LogP) is 0.519. The Morgan fingerprint density at radius 1 is 0.464 bits per heavy atom. The minimum atomic E-state index is -4.45. The van der Waals surface area contributed by atoms with Crippen molar-refractivity contribution in [2.45, 2.75) is 149 Å². The first kappa shape index (κ1) is 67.0. The molecule has 0 bridgehead atoms. The van der Waals surface area contributed by atoms with Crippen molar-refractivity contribution in [1.29, 1.82) is 0 Å². The molecule has 6 unspecified atom stereocenters. The second-order valence-corrected chi connectivity index (χ2v) is 21.0. The topological polar surface area (TPSA) is 259 Å². The molecule has 6 atom stereocenters. The van der Waals surface area contributed by atoms with Crippen LogP contribution in [0.3, 0.4) is 0 Å². The Labute approximate surface area is 404 Å². The molecule has 0 aliphatic heterocycles. The number of amides is 3. The zero-order valence-electron chi connectivity index (χ0n) is 32.7. The van der Waals surface area contributed by atoms with Gasteiger partial charge < -0.3 is 29.6 Å². The first-order valence-electron chi connectivity index (χ1n) is 17.4. The third-order valence-corrected chi connectivity index (χ3v) is 12.6. The molecule has 0 aromatic heterocycles. The van der Waals surface area contributed by atoms with Crippen molar-refractivity contribution < 1.29 is 102 Å². The quantitative estimate of drug-likeness (QED) is 0.0236. The fourth-order valence-corrected chi connectivity index (χ4v) is 7.30. The summed E-state index contributed by atoms with van der Waals surface area (Å²) in [7, 11) is -13.4. The first-order chi connectivity index (χ1) is 24.8. The average molecular weight is 1030 g/mol. The van der Waals surface area contributed by atoms with Gasteiger partial charge in [-0.15, -0.1) is 0 Å². The van der Waals surface area contributed by atoms with Crippen molar-refractivity contribution in [1.82, 2.24) is 16.0 Å². The van der Waals surface area contributed by atoms with Crippen molar-refractivity contribution >= 4 is 124 Å². The molecule has 26 heteroatoms. The van der Waals surface area contributed by atoms with Crippen molar-refractivity contribution in [3.8, 4) is 0 Å². The molecule has 0 radical (unpaired) electrons. The number of hydrogen-bond acceptors (Lipinski definition) is 18. The van der Waals surface area contributed by atoms with Gasteiger partial charge in [-0.3, -0.25) is 14.4 Å². The van der Waals surface area contributed by atoms with Crippen LogP contribution in [0.15, 0.2) is 0 Å². The third-order valence-electron chi connectivity index (χ3n) is 7.35. The van der Waals surface area contributed by atoms with E-state index in [0.717, 1.165) is 95.8 Å². The molecule has 0 aliphatic carbocycles. The van der Waals surface area contributed by atoms with E-state index in [-0.39, 0.29) is 84.0 Å². The van der Waals surface area contributed by atoms with Crippen molar-refractivity contribution in [3.63, 3.8) is 0 Å². The van der Waals surface area contributed by atoms with Gasteiger partial charge in [0.2, 0.25) is 17.7 Å². The van der Waals surface area contributed by atoms with Crippen LogP contribution in [0.5, 0.6) is 0 Å². The van der Waals surface area contributed by atoms with Crippen molar-refractivity contribution in [3.05, 3.63) is 0 Å². The number of rotatable bonds is 27. The Morgan fingerprint density at radius 3 is 0.821 bits per heavy atom. The van der Waals surface area contributed by atoms with Gasteiger partial charge in [0, 0.05) is 35.0 Å². The molecule has 0 aliphatic rings. The van der Waals surface area contributed by atoms with E-state index >= 15 is 0 Å². The summed E-state index contributed by atoms with van der Waals surface area (Å²) in [6.07, 6.45) is 10.6. The van der Waals surface area contributed by atoms with Gasteiger partial charge in [0.15, 0.2) is 0 Å². The van der Waals surface area contributed by atoms with Gasteiger partial charge in [-0.1, -0.05) is 19.3 Å². The van der Waals surface area contributed by atoms with Gasteiger partial charge in [0.1, 0.15) is 46.5 Å². The van der Waals surface area contributed by atoms with Gasteiger partial charge in [0.05, 0.1) is 0 Å². The zero-order valence-corrected chi connectivity index (χ0v) is 45.5. The maximum atomic E-state index is 11.3. The number of unbranched alkanes of at least 4 members (excludes halogenated alkanes) is 3. The molecule has 0 saturated carbocycles. The molecule has 0 rings (SSSR count). The van der Waals surface area contributed by atoms with Gasteiger partial charge in [-0.25, -0.2) is 25.3 Å². The predicted molar refractivity (Wildman–Crippen MR) is 231 cm³/mol. The fraction of sp³-hybridized carbons (Fsp3) is 0.900. The minimum absolute atomic E-state index is 0. The second kappa shape index (κ2) is 38.5. The Hall–Kier alpha value is 1.86. The van der Waals surface area contributed by atoms with E-state index in [4.69, 9.17) is 0 Å². The van der Waals surface area contributed by atoms with Gasteiger partial charge in [-0.2, -0.15) is 75.8 Å². The average Bonchev–Trinajstić information content (AvgIpc) is 3.03. The summed E-state index contributed by atoms with van der Waals surface area (Å²) in [4.78, 5) is 34.0. The molecule has 15 nitrogen and oxygen atoms in total. The molecule has 0 saturated heterocycles. The van der Waals surface area contributed by atoms with E-state index in [1.54, 1.807) is 0 Å². The Kier molecular flexibility index (Phi) is 46.1. The summed E-state index contributed by atoms with van der Waals surface area (Å²) >= 11 is 25.4. The van der Waals surface area contributed by atoms with E-state index in [1.807, 2.05) is 0 Å². The van der Waals surface area contributed by atoms with Gasteiger partial charge in [0.25, 0.3) is 0 Å². The van der Waals surface area contributed by atoms with E-state index in [1.165, 1.54) is 0 Å². The van der Waals surface area contributed by atoms with E-state index in [9.17, 15) is 53.3 Å². The van der Waals surface area contributed by atoms with Crippen molar-refractivity contribution in [2.75, 3.05) is 17.3 Å². The summed E-state index contributed by atoms with van der Waals surface area (Å²) < 4.78 is 95.1. The second-order valence-electron chi connectivity index (χ2n) is 12.3. The number of carbonyl (C=O) groups excluding carboxylic acids is 3. The summed E-state index contributed by atoms with van der Waals surface area (Å²) in [5.74, 6) is 1.12. The Bertz CT molecular complexity index is 1210. The van der Waals surface area contributed by atoms with E-state index in [0.29, 0.717) is 19.3 Å². The van der Waals surface area contributed by atoms with E-state index in [2.05, 4.69) is 91.7 Å². The van der Waals surface area contributed by atoms with Gasteiger partial charge in [-0.05, 0) is 95.8 Å². The number of thiol groups is 6. The first-order valence-corrected chi connectivity index (χ1v) is 25.3. The normalized spacial score (nSPS) is 14.6. The molecule has 3 N–H and O–H groups in total. The molecule has 0 aromatic carbocycles. The maximum absolute atomic E-state index is 11.3. The van der Waals surface area contributed by atoms with Crippen LogP contribution < -0.4 is 45.5 Å². The summed E-state index contributed by atoms with van der Waals surface area (Å²) in [5.41, 5.74) is 0. The van der Waals surface area contributed by atoms with E-state index < -0.39 is 64.2 Å². The van der Waals surface area contributed by atoms with Crippen LogP contribution in [-0.4, -0.2) is 106 Å². The molecule has 0 aromatic rings. The summed E-state index contributed by atoms with van der Waals surface area (Å²) in [6, 6.07) is 0. The smallest absolute Gasteiger partial charge is 0.746 e. The number of nitrogens with one attached hydrogen (secondary N) is 3. The Balaban J connectivity index is -0.000000228. The van der Waals surface area contributed by atoms with Crippen molar-refractivity contribution in [2.24, 2.45) is 0 Å². The minimum Gasteiger partial charge on any atom is -0.746 e. The number of hydrogen-bond donors (Lipinski definition) is 9. The molecule has 0 heterocycles. The van der Waals surface area contributed by atoms with Crippen LogP contribution in [0.1, 0.15) is 117 Å². The van der Waals surface area contributed by atoms with Crippen LogP contribution in [-0.2, 0) is 64.2 Å². The largest absolute Gasteiger partial charge is 2.00 e. The molecule has 56 heavy (non-hydrogen) atoms. The molecular formula is C30H60N3NaO12S9Zn. The zero-order chi connectivity index (χ0) is 42.5. The summed E-state index contributed by atoms with van der Waals surface area (Å²) in [6.45, 7) is 3.49. The summed E-state index contributed by atoms with van der Waals surface area (Å²) in [5, 5.41) is 3.23. The SMILES string of the molecule is CC(NC(=O)CCCCC(S)CCS)S(=O)(=O)[O-].CC(NC(=O)CCCCC(S)CCS)S(=O)(=O)[O-].CC(NC(=O)CCCCC(S)CCS)S(=O)(=O)[O-].[Na+].[Zn+2]. The van der Waals surface area contributed by atoms with Crippen LogP contribution in [0.4, 0.5) is 0 Å². The molecule has 0 spiro atoms. The van der Waals surface area contributed by atoms with Crippen LogP contribution in [0.25, 0.3) is 0 Å². The third kappa shape index (κ3) is 43.9. The molecule has 0 fully saturated rings. The maximum Gasteiger partial charge on any atom is 2.00 e. The number of carbonyl (C=O) groups is 3. The van der Waals surface area contributed by atoms with Crippen LogP contribution in [0, 0.1) is 0 Å².